The molecule has 3 aromatic rings. The highest BCUT2D eigenvalue weighted by molar-refractivity contribution is 6.32. The Kier molecular flexibility index (Phi) is 5.08. The third kappa shape index (κ3) is 3.66. The first-order valence-corrected chi connectivity index (χ1v) is 12.1. The molecule has 3 fully saturated rings. The fourth-order valence-electron chi connectivity index (χ4n) is 5.22. The molecule has 1 saturated carbocycles. The lowest BCUT2D eigenvalue weighted by atomic mass is 9.84. The number of halogens is 1. The van der Waals surface area contributed by atoms with E-state index in [0.717, 1.165) is 59.9 Å². The number of nitrogens with one attached hydrogen (secondary N) is 1. The van der Waals surface area contributed by atoms with Gasteiger partial charge in [-0.25, -0.2) is 9.97 Å². The summed E-state index contributed by atoms with van der Waals surface area (Å²) in [5.41, 5.74) is 4.23. The summed E-state index contributed by atoms with van der Waals surface area (Å²) in [5.74, 6) is 1.04. The van der Waals surface area contributed by atoms with Gasteiger partial charge in [0.15, 0.2) is 0 Å². The molecule has 6 rings (SSSR count). The van der Waals surface area contributed by atoms with Crippen molar-refractivity contribution in [1.82, 2.24) is 24.6 Å². The Morgan fingerprint density at radius 3 is 2.69 bits per heavy atom. The number of piperidine rings is 1. The topological polar surface area (TPSA) is 68.1 Å². The minimum absolute atomic E-state index is 0.449. The standard InChI is InChI=1S/C24H29ClN6O/c1-14-7-16(5-6-30(14)19-12-32-13-19)20-9-22-17(8-21(20)25)10-26-24(28-22)29-23-11-27-31(15(23)2)18-3-4-18/h8-11,14,16,18-19H,3-7,12-13H2,1-2H3,(H,26,28,29)/t14-,16?/m1/s1. The second kappa shape index (κ2) is 7.97. The highest BCUT2D eigenvalue weighted by Crippen LogP contribution is 2.39. The van der Waals surface area contributed by atoms with Crippen molar-refractivity contribution in [3.63, 3.8) is 0 Å². The van der Waals surface area contributed by atoms with E-state index in [2.05, 4.69) is 44.9 Å². The molecule has 8 heteroatoms. The van der Waals surface area contributed by atoms with Gasteiger partial charge in [-0.05, 0) is 69.7 Å². The van der Waals surface area contributed by atoms with Crippen molar-refractivity contribution in [2.24, 2.45) is 0 Å². The number of rotatable bonds is 5. The molecular weight excluding hydrogens is 424 g/mol. The van der Waals surface area contributed by atoms with Gasteiger partial charge in [0.05, 0.1) is 48.4 Å². The molecule has 2 atom stereocenters. The van der Waals surface area contributed by atoms with Crippen molar-refractivity contribution in [1.29, 1.82) is 0 Å². The number of benzene rings is 1. The lowest BCUT2D eigenvalue weighted by Crippen LogP contribution is -2.55. The maximum absolute atomic E-state index is 6.73. The van der Waals surface area contributed by atoms with Crippen LogP contribution in [0.2, 0.25) is 5.02 Å². The second-order valence-electron chi connectivity index (χ2n) is 9.57. The molecule has 1 unspecified atom stereocenters. The Bertz CT molecular complexity index is 1150. The van der Waals surface area contributed by atoms with Gasteiger partial charge in [0, 0.05) is 22.6 Å². The zero-order valence-electron chi connectivity index (χ0n) is 18.6. The summed E-state index contributed by atoms with van der Waals surface area (Å²) in [5, 5.41) is 9.68. The zero-order valence-corrected chi connectivity index (χ0v) is 19.3. The molecule has 2 aliphatic heterocycles. The number of fused-ring (bicyclic) bond motifs is 1. The van der Waals surface area contributed by atoms with E-state index in [1.54, 1.807) is 0 Å². The highest BCUT2D eigenvalue weighted by atomic mass is 35.5. The van der Waals surface area contributed by atoms with Crippen molar-refractivity contribution in [3.05, 3.63) is 40.8 Å². The molecule has 168 valence electrons. The molecule has 0 bridgehead atoms. The number of anilines is 2. The first-order chi connectivity index (χ1) is 15.6. The fourth-order valence-corrected chi connectivity index (χ4v) is 5.55. The quantitative estimate of drug-likeness (QED) is 0.597. The van der Waals surface area contributed by atoms with Crippen LogP contribution >= 0.6 is 11.6 Å². The molecule has 1 aliphatic carbocycles. The average molecular weight is 453 g/mol. The molecule has 7 nitrogen and oxygen atoms in total. The molecule has 0 amide bonds. The third-order valence-corrected chi connectivity index (χ3v) is 7.67. The molecule has 0 spiro atoms. The van der Waals surface area contributed by atoms with Gasteiger partial charge in [-0.15, -0.1) is 0 Å². The van der Waals surface area contributed by atoms with Crippen LogP contribution in [-0.2, 0) is 4.74 Å². The molecule has 1 N–H and O–H groups in total. The summed E-state index contributed by atoms with van der Waals surface area (Å²) in [4.78, 5) is 11.9. The summed E-state index contributed by atoms with van der Waals surface area (Å²) >= 11 is 6.73. The lowest BCUT2D eigenvalue weighted by Gasteiger charge is -2.45. The van der Waals surface area contributed by atoms with Gasteiger partial charge >= 0.3 is 0 Å². The van der Waals surface area contributed by atoms with Gasteiger partial charge in [-0.1, -0.05) is 11.6 Å². The predicted octanol–water partition coefficient (Wildman–Crippen LogP) is 4.83. The zero-order chi connectivity index (χ0) is 21.8. The molecule has 0 radical (unpaired) electrons. The van der Waals surface area contributed by atoms with Crippen LogP contribution in [0, 0.1) is 6.92 Å². The van der Waals surface area contributed by atoms with E-state index >= 15 is 0 Å². The molecule has 3 aliphatic rings. The summed E-state index contributed by atoms with van der Waals surface area (Å²) in [7, 11) is 0. The lowest BCUT2D eigenvalue weighted by molar-refractivity contribution is -0.0862. The number of nitrogens with zero attached hydrogens (tertiary/aromatic N) is 5. The maximum Gasteiger partial charge on any atom is 0.227 e. The van der Waals surface area contributed by atoms with Crippen molar-refractivity contribution >= 4 is 34.1 Å². The largest absolute Gasteiger partial charge is 0.378 e. The van der Waals surface area contributed by atoms with Crippen molar-refractivity contribution < 1.29 is 4.74 Å². The number of ether oxygens (including phenoxy) is 1. The van der Waals surface area contributed by atoms with E-state index < -0.39 is 0 Å². The minimum Gasteiger partial charge on any atom is -0.378 e. The van der Waals surface area contributed by atoms with E-state index in [1.165, 1.54) is 18.4 Å². The fraction of sp³-hybridized carbons (Fsp3) is 0.542. The van der Waals surface area contributed by atoms with Crippen LogP contribution in [-0.4, -0.2) is 56.5 Å². The van der Waals surface area contributed by atoms with Gasteiger partial charge in [-0.3, -0.25) is 9.58 Å². The predicted molar refractivity (Wildman–Crippen MR) is 126 cm³/mol. The van der Waals surface area contributed by atoms with Gasteiger partial charge in [0.1, 0.15) is 0 Å². The van der Waals surface area contributed by atoms with E-state index in [4.69, 9.17) is 21.3 Å². The van der Waals surface area contributed by atoms with Crippen LogP contribution in [0.15, 0.2) is 24.5 Å². The Balaban J connectivity index is 1.24. The summed E-state index contributed by atoms with van der Waals surface area (Å²) in [6.07, 6.45) is 8.37. The van der Waals surface area contributed by atoms with Gasteiger partial charge in [-0.2, -0.15) is 5.10 Å². The van der Waals surface area contributed by atoms with E-state index in [0.29, 0.717) is 30.0 Å². The summed E-state index contributed by atoms with van der Waals surface area (Å²) < 4.78 is 7.51. The number of hydrogen-bond acceptors (Lipinski definition) is 6. The first kappa shape index (κ1) is 20.4. The van der Waals surface area contributed by atoms with Crippen molar-refractivity contribution in [3.8, 4) is 0 Å². The van der Waals surface area contributed by atoms with Crippen LogP contribution in [0.5, 0.6) is 0 Å². The monoisotopic (exact) mass is 452 g/mol. The van der Waals surface area contributed by atoms with Crippen LogP contribution in [0.1, 0.15) is 55.8 Å². The van der Waals surface area contributed by atoms with Crippen LogP contribution in [0.3, 0.4) is 0 Å². The van der Waals surface area contributed by atoms with E-state index in [-0.39, 0.29) is 0 Å². The maximum atomic E-state index is 6.73. The smallest absolute Gasteiger partial charge is 0.227 e. The Hall–Kier alpha value is -2.22. The van der Waals surface area contributed by atoms with Crippen LogP contribution < -0.4 is 5.32 Å². The first-order valence-electron chi connectivity index (χ1n) is 11.7. The average Bonchev–Trinajstić information content (AvgIpc) is 3.52. The Morgan fingerprint density at radius 1 is 1.12 bits per heavy atom. The Labute approximate surface area is 193 Å². The van der Waals surface area contributed by atoms with Crippen LogP contribution in [0.25, 0.3) is 10.9 Å². The van der Waals surface area contributed by atoms with Gasteiger partial charge < -0.3 is 10.1 Å². The van der Waals surface area contributed by atoms with Crippen molar-refractivity contribution in [2.75, 3.05) is 25.1 Å². The summed E-state index contributed by atoms with van der Waals surface area (Å²) in [6.45, 7) is 7.26. The Morgan fingerprint density at radius 2 is 1.97 bits per heavy atom. The SMILES string of the molecule is Cc1c(Nc2ncc3cc(Cl)c(C4CCN(C5COC5)[C@H](C)C4)cc3n2)cnn1C1CC1. The minimum atomic E-state index is 0.449. The molecule has 32 heavy (non-hydrogen) atoms. The number of hydrogen-bond donors (Lipinski definition) is 1. The van der Waals surface area contributed by atoms with Gasteiger partial charge in [0.2, 0.25) is 5.95 Å². The van der Waals surface area contributed by atoms with Crippen molar-refractivity contribution in [2.45, 2.75) is 63.6 Å². The van der Waals surface area contributed by atoms with Gasteiger partial charge in [0.25, 0.3) is 0 Å². The highest BCUT2D eigenvalue weighted by Gasteiger charge is 2.35. The second-order valence-corrected chi connectivity index (χ2v) is 9.98. The normalized spacial score (nSPS) is 24.6. The molecular formula is C24H29ClN6O. The van der Waals surface area contributed by atoms with E-state index in [9.17, 15) is 0 Å². The molecule has 1 aromatic carbocycles. The molecule has 2 aromatic heterocycles. The summed E-state index contributed by atoms with van der Waals surface area (Å²) in [6, 6.07) is 5.86. The number of likely N-dealkylation sites (tertiary alicyclic amines) is 1. The molecule has 2 saturated heterocycles. The number of aromatic nitrogens is 4. The third-order valence-electron chi connectivity index (χ3n) is 7.34. The molecule has 4 heterocycles. The van der Waals surface area contributed by atoms with E-state index in [1.807, 2.05) is 18.5 Å². The van der Waals surface area contributed by atoms with Crippen LogP contribution in [0.4, 0.5) is 11.6 Å².